The molecule has 1 unspecified atom stereocenters. The third-order valence-corrected chi connectivity index (χ3v) is 4.38. The minimum Gasteiger partial charge on any atom is -0.246 e. The Labute approximate surface area is 102 Å². The zero-order valence-electron chi connectivity index (χ0n) is 10.3. The fourth-order valence-electron chi connectivity index (χ4n) is 1.97. The van der Waals surface area contributed by atoms with Crippen LogP contribution in [0.1, 0.15) is 47.7 Å². The first-order chi connectivity index (χ1) is 7.66. The molecule has 16 heavy (non-hydrogen) atoms. The van der Waals surface area contributed by atoms with E-state index in [4.69, 9.17) is 0 Å². The minimum atomic E-state index is 0.548. The smallest absolute Gasteiger partial charge is 0.0962 e. The van der Waals surface area contributed by atoms with Crippen LogP contribution in [0.15, 0.2) is 23.8 Å². The van der Waals surface area contributed by atoms with E-state index < -0.39 is 0 Å². The van der Waals surface area contributed by atoms with Gasteiger partial charge in [-0.25, -0.2) is 4.98 Å². The Kier molecular flexibility index (Phi) is 3.59. The first kappa shape index (κ1) is 11.6. The number of allylic oxidation sites excluding steroid dienone is 4. The van der Waals surface area contributed by atoms with E-state index >= 15 is 0 Å². The minimum absolute atomic E-state index is 0.548. The van der Waals surface area contributed by atoms with E-state index in [-0.39, 0.29) is 0 Å². The molecule has 1 nitrogen and oxygen atoms in total. The predicted octanol–water partition coefficient (Wildman–Crippen LogP) is 4.53. The second-order valence-corrected chi connectivity index (χ2v) is 5.79. The van der Waals surface area contributed by atoms with Crippen LogP contribution >= 0.6 is 11.3 Å². The fourth-order valence-corrected chi connectivity index (χ4v) is 2.94. The summed E-state index contributed by atoms with van der Waals surface area (Å²) in [6.45, 7) is 6.53. The maximum absolute atomic E-state index is 4.64. The average Bonchev–Trinajstić information content (AvgIpc) is 2.61. The molecule has 1 aliphatic rings. The van der Waals surface area contributed by atoms with Crippen molar-refractivity contribution < 1.29 is 0 Å². The van der Waals surface area contributed by atoms with E-state index in [0.717, 1.165) is 6.42 Å². The van der Waals surface area contributed by atoms with E-state index in [1.54, 1.807) is 0 Å². The summed E-state index contributed by atoms with van der Waals surface area (Å²) < 4.78 is 0. The van der Waals surface area contributed by atoms with Crippen molar-refractivity contribution >= 4 is 11.3 Å². The molecule has 0 fully saturated rings. The monoisotopic (exact) mass is 233 g/mol. The molecule has 2 heteroatoms. The first-order valence-electron chi connectivity index (χ1n) is 5.96. The van der Waals surface area contributed by atoms with Gasteiger partial charge in [-0.05, 0) is 33.1 Å². The van der Waals surface area contributed by atoms with Gasteiger partial charge < -0.3 is 0 Å². The Morgan fingerprint density at radius 1 is 1.38 bits per heavy atom. The van der Waals surface area contributed by atoms with Crippen LogP contribution in [0.4, 0.5) is 0 Å². The lowest BCUT2D eigenvalue weighted by Crippen LogP contribution is -1.96. The highest BCUT2D eigenvalue weighted by Crippen LogP contribution is 2.30. The molecule has 1 aliphatic carbocycles. The van der Waals surface area contributed by atoms with Crippen molar-refractivity contribution in [1.82, 2.24) is 4.98 Å². The number of aromatic nitrogens is 1. The second kappa shape index (κ2) is 4.96. The number of rotatable bonds is 3. The average molecular weight is 233 g/mol. The van der Waals surface area contributed by atoms with Crippen molar-refractivity contribution in [2.45, 2.75) is 46.0 Å². The highest BCUT2D eigenvalue weighted by molar-refractivity contribution is 7.11. The summed E-state index contributed by atoms with van der Waals surface area (Å²) in [5, 5.41) is 1.29. The third-order valence-electron chi connectivity index (χ3n) is 3.08. The molecule has 0 saturated carbocycles. The lowest BCUT2D eigenvalue weighted by atomic mass is 9.97. The largest absolute Gasteiger partial charge is 0.246 e. The molecule has 1 heterocycles. The van der Waals surface area contributed by atoms with Crippen LogP contribution in [0.5, 0.6) is 0 Å². The number of aryl methyl sites for hydroxylation is 2. The maximum Gasteiger partial charge on any atom is 0.0962 e. The van der Waals surface area contributed by atoms with Crippen LogP contribution in [0.3, 0.4) is 0 Å². The summed E-state index contributed by atoms with van der Waals surface area (Å²) >= 11 is 1.85. The lowest BCUT2D eigenvalue weighted by molar-refractivity contribution is 0.744. The summed E-state index contributed by atoms with van der Waals surface area (Å²) in [5.41, 5.74) is 2.67. The van der Waals surface area contributed by atoms with Crippen LogP contribution in [-0.2, 0) is 0 Å². The van der Waals surface area contributed by atoms with Crippen LogP contribution in [0, 0.1) is 13.8 Å². The van der Waals surface area contributed by atoms with E-state index in [1.165, 1.54) is 34.0 Å². The molecule has 0 aromatic carbocycles. The normalized spacial score (nSPS) is 17.3. The Hall–Kier alpha value is -0.890. The van der Waals surface area contributed by atoms with Crippen molar-refractivity contribution in [1.29, 1.82) is 0 Å². The van der Waals surface area contributed by atoms with Gasteiger partial charge in [-0.1, -0.05) is 30.7 Å². The molecular weight excluding hydrogens is 214 g/mol. The summed E-state index contributed by atoms with van der Waals surface area (Å²) in [4.78, 5) is 6.00. The Balaban J connectivity index is 2.05. The first-order valence-corrected chi connectivity index (χ1v) is 6.78. The molecule has 1 aromatic heterocycles. The number of nitrogens with zero attached hydrogens (tertiary/aromatic N) is 1. The van der Waals surface area contributed by atoms with Crippen molar-refractivity contribution in [2.75, 3.05) is 0 Å². The summed E-state index contributed by atoms with van der Waals surface area (Å²) in [6, 6.07) is 0. The van der Waals surface area contributed by atoms with Crippen LogP contribution in [0.2, 0.25) is 0 Å². The molecule has 0 radical (unpaired) electrons. The van der Waals surface area contributed by atoms with Crippen LogP contribution in [0.25, 0.3) is 0 Å². The van der Waals surface area contributed by atoms with Gasteiger partial charge in [0.05, 0.1) is 10.7 Å². The van der Waals surface area contributed by atoms with Gasteiger partial charge in [0.25, 0.3) is 0 Å². The molecule has 0 amide bonds. The van der Waals surface area contributed by atoms with Gasteiger partial charge in [0.2, 0.25) is 0 Å². The van der Waals surface area contributed by atoms with E-state index in [9.17, 15) is 0 Å². The molecule has 2 rings (SSSR count). The van der Waals surface area contributed by atoms with Crippen molar-refractivity contribution in [3.8, 4) is 0 Å². The quantitative estimate of drug-likeness (QED) is 0.747. The van der Waals surface area contributed by atoms with Gasteiger partial charge in [0.15, 0.2) is 0 Å². The molecule has 0 N–H and O–H groups in total. The summed E-state index contributed by atoms with van der Waals surface area (Å²) in [6.07, 6.45) is 10.4. The standard InChI is InChI=1S/C14H19NS/c1-10(9-13-7-5-4-6-8-13)14-15-11(2)12(3)16-14/h5,7-8,10H,4,6,9H2,1-3H3. The predicted molar refractivity (Wildman–Crippen MR) is 71.1 cm³/mol. The van der Waals surface area contributed by atoms with Gasteiger partial charge >= 0.3 is 0 Å². The zero-order valence-corrected chi connectivity index (χ0v) is 11.1. The van der Waals surface area contributed by atoms with Gasteiger partial charge in [-0.15, -0.1) is 11.3 Å². The van der Waals surface area contributed by atoms with E-state index in [1.807, 2.05) is 11.3 Å². The summed E-state index contributed by atoms with van der Waals surface area (Å²) in [7, 11) is 0. The third kappa shape index (κ3) is 2.62. The molecular formula is C14H19NS. The number of hydrogen-bond acceptors (Lipinski definition) is 2. The highest BCUT2D eigenvalue weighted by Gasteiger charge is 2.13. The van der Waals surface area contributed by atoms with Crippen LogP contribution in [-0.4, -0.2) is 4.98 Å². The molecule has 0 spiro atoms. The van der Waals surface area contributed by atoms with Gasteiger partial charge in [0, 0.05) is 10.8 Å². The van der Waals surface area contributed by atoms with Gasteiger partial charge in [0.1, 0.15) is 0 Å². The number of hydrogen-bond donors (Lipinski definition) is 0. The zero-order chi connectivity index (χ0) is 11.5. The molecule has 1 aromatic rings. The SMILES string of the molecule is Cc1nc(C(C)CC2=CCCC=C2)sc1C. The van der Waals surface area contributed by atoms with E-state index in [0.29, 0.717) is 5.92 Å². The van der Waals surface area contributed by atoms with Gasteiger partial charge in [-0.2, -0.15) is 0 Å². The molecule has 0 aliphatic heterocycles. The van der Waals surface area contributed by atoms with Crippen molar-refractivity contribution in [2.24, 2.45) is 0 Å². The lowest BCUT2D eigenvalue weighted by Gasteiger charge is -2.11. The Morgan fingerprint density at radius 2 is 2.19 bits per heavy atom. The molecule has 0 saturated heterocycles. The highest BCUT2D eigenvalue weighted by atomic mass is 32.1. The Bertz CT molecular complexity index is 406. The van der Waals surface area contributed by atoms with Gasteiger partial charge in [-0.3, -0.25) is 0 Å². The second-order valence-electron chi connectivity index (χ2n) is 4.56. The molecule has 0 bridgehead atoms. The summed E-state index contributed by atoms with van der Waals surface area (Å²) in [5.74, 6) is 0.548. The maximum atomic E-state index is 4.64. The molecule has 1 atom stereocenters. The fraction of sp³-hybridized carbons (Fsp3) is 0.500. The molecule has 86 valence electrons. The topological polar surface area (TPSA) is 12.9 Å². The number of thiazole rings is 1. The Morgan fingerprint density at radius 3 is 2.75 bits per heavy atom. The van der Waals surface area contributed by atoms with Crippen LogP contribution < -0.4 is 0 Å². The van der Waals surface area contributed by atoms with Crippen molar-refractivity contribution in [3.63, 3.8) is 0 Å². The van der Waals surface area contributed by atoms with E-state index in [2.05, 4.69) is 44.0 Å². The van der Waals surface area contributed by atoms with Crippen molar-refractivity contribution in [3.05, 3.63) is 39.4 Å².